The molecule has 0 radical (unpaired) electrons. The van der Waals surface area contributed by atoms with Crippen LogP contribution in [0.25, 0.3) is 0 Å². The number of nitrogens with zero attached hydrogens (tertiary/aromatic N) is 1. The van der Waals surface area contributed by atoms with E-state index in [2.05, 4.69) is 4.72 Å². The summed E-state index contributed by atoms with van der Waals surface area (Å²) in [5, 5.41) is 11.3. The number of hydrogen-bond donors (Lipinski definition) is 2. The topological polar surface area (TPSA) is 69.6 Å². The lowest BCUT2D eigenvalue weighted by atomic mass is 9.81. The molecule has 2 atom stereocenters. The monoisotopic (exact) mass is 360 g/mol. The van der Waals surface area contributed by atoms with Gasteiger partial charge < -0.3 is 10.0 Å². The minimum Gasteiger partial charge on any atom is -0.383 e. The van der Waals surface area contributed by atoms with Crippen molar-refractivity contribution in [2.45, 2.75) is 23.8 Å². The number of benzene rings is 2. The zero-order valence-corrected chi connectivity index (χ0v) is 15.1. The van der Waals surface area contributed by atoms with Crippen molar-refractivity contribution in [3.63, 3.8) is 0 Å². The molecule has 1 fully saturated rings. The molecule has 2 N–H and O–H groups in total. The second-order valence-electron chi connectivity index (χ2n) is 6.72. The van der Waals surface area contributed by atoms with E-state index in [1.54, 1.807) is 12.1 Å². The van der Waals surface area contributed by atoms with Gasteiger partial charge in [0, 0.05) is 13.1 Å². The summed E-state index contributed by atoms with van der Waals surface area (Å²) in [4.78, 5) is 2.03. The van der Waals surface area contributed by atoms with E-state index in [-0.39, 0.29) is 5.75 Å². The van der Waals surface area contributed by atoms with Crippen molar-refractivity contribution in [3.8, 4) is 0 Å². The molecule has 0 spiro atoms. The fraction of sp³-hybridized carbons (Fsp3) is 0.368. The van der Waals surface area contributed by atoms with Gasteiger partial charge in [-0.15, -0.1) is 0 Å². The van der Waals surface area contributed by atoms with Gasteiger partial charge >= 0.3 is 0 Å². The summed E-state index contributed by atoms with van der Waals surface area (Å²) in [6.07, 6.45) is 0.478. The van der Waals surface area contributed by atoms with E-state index in [4.69, 9.17) is 0 Å². The maximum absolute atomic E-state index is 12.7. The lowest BCUT2D eigenvalue weighted by Gasteiger charge is -2.44. The van der Waals surface area contributed by atoms with Crippen LogP contribution < -0.4 is 4.72 Å². The van der Waals surface area contributed by atoms with E-state index in [0.29, 0.717) is 19.5 Å². The van der Waals surface area contributed by atoms with Crippen LogP contribution in [0.15, 0.2) is 60.7 Å². The maximum atomic E-state index is 12.7. The van der Waals surface area contributed by atoms with Crippen LogP contribution in [-0.4, -0.2) is 44.6 Å². The van der Waals surface area contributed by atoms with Gasteiger partial charge in [-0.3, -0.25) is 0 Å². The Bertz CT molecular complexity index is 796. The van der Waals surface area contributed by atoms with Gasteiger partial charge in [0.25, 0.3) is 0 Å². The normalized spacial score (nSPS) is 25.0. The highest BCUT2D eigenvalue weighted by molar-refractivity contribution is 7.88. The molecule has 0 aromatic heterocycles. The molecular weight excluding hydrogens is 336 g/mol. The molecule has 25 heavy (non-hydrogen) atoms. The summed E-state index contributed by atoms with van der Waals surface area (Å²) < 4.78 is 28.1. The first-order chi connectivity index (χ1) is 11.9. The van der Waals surface area contributed by atoms with E-state index in [9.17, 15) is 13.5 Å². The molecule has 2 aromatic carbocycles. The second-order valence-corrected chi connectivity index (χ2v) is 8.47. The molecule has 0 bridgehead atoms. The zero-order valence-electron chi connectivity index (χ0n) is 14.3. The SMILES string of the molecule is CN1CCC(O)(c2ccccc2)C(NS(=O)(=O)Cc2ccccc2)C1. The number of likely N-dealkylation sites (tertiary alicyclic amines) is 1. The van der Waals surface area contributed by atoms with Crippen LogP contribution in [0.5, 0.6) is 0 Å². The van der Waals surface area contributed by atoms with E-state index in [1.165, 1.54) is 0 Å². The molecule has 2 aromatic rings. The lowest BCUT2D eigenvalue weighted by Crippen LogP contribution is -2.60. The van der Waals surface area contributed by atoms with Crippen LogP contribution in [0.1, 0.15) is 17.5 Å². The van der Waals surface area contributed by atoms with Crippen LogP contribution in [0.2, 0.25) is 0 Å². The Labute approximate surface area is 149 Å². The van der Waals surface area contributed by atoms with Crippen molar-refractivity contribution in [2.24, 2.45) is 0 Å². The summed E-state index contributed by atoms with van der Waals surface area (Å²) in [6, 6.07) is 17.8. The summed E-state index contributed by atoms with van der Waals surface area (Å²) in [6.45, 7) is 1.17. The number of aliphatic hydroxyl groups is 1. The Morgan fingerprint density at radius 3 is 2.36 bits per heavy atom. The fourth-order valence-electron chi connectivity index (χ4n) is 3.35. The quantitative estimate of drug-likeness (QED) is 0.851. The first-order valence-corrected chi connectivity index (χ1v) is 10.0. The molecule has 3 rings (SSSR count). The standard InChI is InChI=1S/C19H24N2O3S/c1-21-13-12-19(22,17-10-6-3-7-11-17)18(14-21)20-25(23,24)15-16-8-4-2-5-9-16/h2-11,18,20,22H,12-15H2,1H3. The zero-order chi connectivity index (χ0) is 17.9. The Morgan fingerprint density at radius 2 is 1.72 bits per heavy atom. The van der Waals surface area contributed by atoms with Gasteiger partial charge in [-0.25, -0.2) is 13.1 Å². The molecular formula is C19H24N2O3S. The van der Waals surface area contributed by atoms with Crippen LogP contribution >= 0.6 is 0 Å². The number of nitrogens with one attached hydrogen (secondary N) is 1. The smallest absolute Gasteiger partial charge is 0.216 e. The van der Waals surface area contributed by atoms with Crippen molar-refractivity contribution in [1.29, 1.82) is 0 Å². The number of likely N-dealkylation sites (N-methyl/N-ethyl adjacent to an activating group) is 1. The lowest BCUT2D eigenvalue weighted by molar-refractivity contribution is -0.0440. The highest BCUT2D eigenvalue weighted by atomic mass is 32.2. The summed E-state index contributed by atoms with van der Waals surface area (Å²) >= 11 is 0. The molecule has 1 aliphatic heterocycles. The van der Waals surface area contributed by atoms with Crippen molar-refractivity contribution in [2.75, 3.05) is 20.1 Å². The van der Waals surface area contributed by atoms with Crippen molar-refractivity contribution in [3.05, 3.63) is 71.8 Å². The van der Waals surface area contributed by atoms with Crippen LogP contribution in [-0.2, 0) is 21.4 Å². The molecule has 0 aliphatic carbocycles. The first kappa shape index (κ1) is 18.1. The number of sulfonamides is 1. The minimum atomic E-state index is -3.57. The maximum Gasteiger partial charge on any atom is 0.216 e. The van der Waals surface area contributed by atoms with Gasteiger partial charge in [-0.05, 0) is 24.6 Å². The molecule has 1 heterocycles. The summed E-state index contributed by atoms with van der Waals surface area (Å²) in [7, 11) is -1.64. The Balaban J connectivity index is 1.84. The van der Waals surface area contributed by atoms with E-state index < -0.39 is 21.7 Å². The molecule has 0 amide bonds. The average molecular weight is 360 g/mol. The van der Waals surface area contributed by atoms with Gasteiger partial charge in [-0.1, -0.05) is 60.7 Å². The van der Waals surface area contributed by atoms with Gasteiger partial charge in [-0.2, -0.15) is 0 Å². The van der Waals surface area contributed by atoms with Gasteiger partial charge in [0.05, 0.1) is 11.8 Å². The Hall–Kier alpha value is -1.73. The molecule has 6 heteroatoms. The number of hydrogen-bond acceptors (Lipinski definition) is 4. The number of piperidine rings is 1. The van der Waals surface area contributed by atoms with Crippen LogP contribution in [0.4, 0.5) is 0 Å². The molecule has 0 saturated carbocycles. The predicted molar refractivity (Wildman–Crippen MR) is 98.4 cm³/mol. The van der Waals surface area contributed by atoms with Crippen LogP contribution in [0.3, 0.4) is 0 Å². The average Bonchev–Trinajstić information content (AvgIpc) is 2.59. The second kappa shape index (κ2) is 7.25. The van der Waals surface area contributed by atoms with E-state index in [1.807, 2.05) is 60.5 Å². The Kier molecular flexibility index (Phi) is 5.24. The van der Waals surface area contributed by atoms with Gasteiger partial charge in [0.2, 0.25) is 10.0 Å². The van der Waals surface area contributed by atoms with Crippen LogP contribution in [0, 0.1) is 0 Å². The molecule has 5 nitrogen and oxygen atoms in total. The third kappa shape index (κ3) is 4.27. The number of rotatable bonds is 5. The summed E-state index contributed by atoms with van der Waals surface area (Å²) in [5.74, 6) is -0.0983. The highest BCUT2D eigenvalue weighted by Crippen LogP contribution is 2.33. The molecule has 134 valence electrons. The molecule has 1 aliphatic rings. The van der Waals surface area contributed by atoms with E-state index >= 15 is 0 Å². The first-order valence-electron chi connectivity index (χ1n) is 8.39. The third-order valence-corrected chi connectivity index (χ3v) is 6.10. The van der Waals surface area contributed by atoms with Crippen molar-refractivity contribution in [1.82, 2.24) is 9.62 Å². The third-order valence-electron chi connectivity index (χ3n) is 4.74. The van der Waals surface area contributed by atoms with Crippen molar-refractivity contribution >= 4 is 10.0 Å². The predicted octanol–water partition coefficient (Wildman–Crippen LogP) is 1.70. The van der Waals surface area contributed by atoms with E-state index in [0.717, 1.165) is 11.1 Å². The Morgan fingerprint density at radius 1 is 1.12 bits per heavy atom. The highest BCUT2D eigenvalue weighted by Gasteiger charge is 2.43. The fourth-order valence-corrected chi connectivity index (χ4v) is 4.77. The summed E-state index contributed by atoms with van der Waals surface area (Å²) in [5.41, 5.74) is 0.260. The van der Waals surface area contributed by atoms with Gasteiger partial charge in [0.1, 0.15) is 5.60 Å². The van der Waals surface area contributed by atoms with Crippen molar-refractivity contribution < 1.29 is 13.5 Å². The van der Waals surface area contributed by atoms with Gasteiger partial charge in [0.15, 0.2) is 0 Å². The largest absolute Gasteiger partial charge is 0.383 e. The molecule has 2 unspecified atom stereocenters. The molecule has 1 saturated heterocycles. The minimum absolute atomic E-state index is 0.0983.